The maximum Gasteiger partial charge on any atom is 0.320 e. The van der Waals surface area contributed by atoms with Gasteiger partial charge in [-0.05, 0) is 31.6 Å². The number of nitrogens with one attached hydrogen (secondary N) is 1. The first-order chi connectivity index (χ1) is 10.4. The number of carbonyl (C=O) groups is 2. The Morgan fingerprint density at radius 3 is 2.32 bits per heavy atom. The van der Waals surface area contributed by atoms with E-state index in [1.807, 2.05) is 4.90 Å². The number of carboxylic acid groups (broad SMARTS) is 1. The molecule has 1 saturated carbocycles. The third kappa shape index (κ3) is 6.77. The first-order valence-electron chi connectivity index (χ1n) is 8.65. The molecule has 1 amide bonds. The molecule has 5 nitrogen and oxygen atoms in total. The lowest BCUT2D eigenvalue weighted by Gasteiger charge is -2.34. The molecule has 0 heterocycles. The van der Waals surface area contributed by atoms with Crippen molar-refractivity contribution in [2.75, 3.05) is 19.6 Å². The second-order valence-corrected chi connectivity index (χ2v) is 6.67. The van der Waals surface area contributed by atoms with E-state index in [1.165, 1.54) is 45.4 Å². The molecule has 0 aromatic heterocycles. The molecule has 0 saturated heterocycles. The van der Waals surface area contributed by atoms with Crippen LogP contribution in [0.25, 0.3) is 0 Å². The predicted octanol–water partition coefficient (Wildman–Crippen LogP) is 2.50. The highest BCUT2D eigenvalue weighted by Crippen LogP contribution is 2.32. The molecule has 22 heavy (non-hydrogen) atoms. The van der Waals surface area contributed by atoms with Gasteiger partial charge in [-0.15, -0.1) is 0 Å². The van der Waals surface area contributed by atoms with Crippen LogP contribution in [0.2, 0.25) is 0 Å². The van der Waals surface area contributed by atoms with E-state index in [0.717, 1.165) is 12.5 Å². The van der Waals surface area contributed by atoms with Gasteiger partial charge >= 0.3 is 5.97 Å². The first kappa shape index (κ1) is 18.9. The Labute approximate surface area is 134 Å². The van der Waals surface area contributed by atoms with Gasteiger partial charge in [0.2, 0.25) is 5.91 Å². The molecule has 1 unspecified atom stereocenters. The topological polar surface area (TPSA) is 69.6 Å². The molecule has 1 aliphatic rings. The fourth-order valence-electron chi connectivity index (χ4n) is 3.42. The van der Waals surface area contributed by atoms with Gasteiger partial charge in [0.15, 0.2) is 0 Å². The highest BCUT2D eigenvalue weighted by atomic mass is 16.4. The van der Waals surface area contributed by atoms with Crippen molar-refractivity contribution in [2.45, 2.75) is 65.3 Å². The van der Waals surface area contributed by atoms with Gasteiger partial charge in [0, 0.05) is 26.6 Å². The van der Waals surface area contributed by atoms with Crippen LogP contribution in [0.3, 0.4) is 0 Å². The second kappa shape index (κ2) is 9.82. The third-order valence-corrected chi connectivity index (χ3v) is 4.83. The van der Waals surface area contributed by atoms with Crippen molar-refractivity contribution in [3.8, 4) is 0 Å². The van der Waals surface area contributed by atoms with Gasteiger partial charge in [-0.1, -0.05) is 32.6 Å². The smallest absolute Gasteiger partial charge is 0.320 e. The highest BCUT2D eigenvalue weighted by Gasteiger charge is 2.26. The fourth-order valence-corrected chi connectivity index (χ4v) is 3.42. The van der Waals surface area contributed by atoms with Crippen molar-refractivity contribution in [3.63, 3.8) is 0 Å². The zero-order valence-electron chi connectivity index (χ0n) is 14.3. The Kier molecular flexibility index (Phi) is 8.46. The third-order valence-electron chi connectivity index (χ3n) is 4.83. The Hall–Kier alpha value is -1.10. The quantitative estimate of drug-likeness (QED) is 0.686. The van der Waals surface area contributed by atoms with E-state index in [1.54, 1.807) is 6.92 Å². The summed E-state index contributed by atoms with van der Waals surface area (Å²) in [6.07, 6.45) is 7.54. The highest BCUT2D eigenvalue weighted by molar-refractivity contribution is 5.73. The number of rotatable bonds is 9. The Morgan fingerprint density at radius 2 is 1.82 bits per heavy atom. The molecule has 128 valence electrons. The van der Waals surface area contributed by atoms with Crippen LogP contribution in [0.4, 0.5) is 0 Å². The number of hydrogen-bond donors (Lipinski definition) is 2. The monoisotopic (exact) mass is 312 g/mol. The standard InChI is InChI=1S/C17H32N2O3/c1-4-5-15-6-8-16(9-7-15)12-19(13(2)17(21)22)11-10-18-14(3)20/h13,15-16H,4-12H2,1-3H3,(H,18,20)(H,21,22). The minimum Gasteiger partial charge on any atom is -0.480 e. The van der Waals surface area contributed by atoms with Crippen LogP contribution in [-0.2, 0) is 9.59 Å². The molecule has 1 aliphatic carbocycles. The van der Waals surface area contributed by atoms with E-state index in [2.05, 4.69) is 12.2 Å². The second-order valence-electron chi connectivity index (χ2n) is 6.67. The number of nitrogens with zero attached hydrogens (tertiary/aromatic N) is 1. The molecular weight excluding hydrogens is 280 g/mol. The molecule has 2 N–H and O–H groups in total. The van der Waals surface area contributed by atoms with Crippen LogP contribution < -0.4 is 5.32 Å². The molecule has 1 fully saturated rings. The lowest BCUT2D eigenvalue weighted by molar-refractivity contribution is -0.142. The summed E-state index contributed by atoms with van der Waals surface area (Å²) in [4.78, 5) is 24.3. The summed E-state index contributed by atoms with van der Waals surface area (Å²) in [5.41, 5.74) is 0. The molecule has 0 bridgehead atoms. The Balaban J connectivity index is 2.46. The summed E-state index contributed by atoms with van der Waals surface area (Å²) in [5, 5.41) is 12.0. The van der Waals surface area contributed by atoms with E-state index in [0.29, 0.717) is 19.0 Å². The van der Waals surface area contributed by atoms with E-state index in [-0.39, 0.29) is 5.91 Å². The van der Waals surface area contributed by atoms with Crippen molar-refractivity contribution in [1.82, 2.24) is 10.2 Å². The maximum absolute atomic E-state index is 11.3. The summed E-state index contributed by atoms with van der Waals surface area (Å²) in [7, 11) is 0. The molecule has 5 heteroatoms. The van der Waals surface area contributed by atoms with Crippen molar-refractivity contribution in [3.05, 3.63) is 0 Å². The van der Waals surface area contributed by atoms with Gasteiger partial charge in [-0.2, -0.15) is 0 Å². The molecule has 1 rings (SSSR count). The fraction of sp³-hybridized carbons (Fsp3) is 0.882. The van der Waals surface area contributed by atoms with E-state index < -0.39 is 12.0 Å². The number of hydrogen-bond acceptors (Lipinski definition) is 3. The minimum atomic E-state index is -0.789. The summed E-state index contributed by atoms with van der Waals surface area (Å²) in [6, 6.07) is -0.498. The Morgan fingerprint density at radius 1 is 1.23 bits per heavy atom. The van der Waals surface area contributed by atoms with Crippen LogP contribution in [0.1, 0.15) is 59.3 Å². The van der Waals surface area contributed by atoms with Gasteiger partial charge in [-0.3, -0.25) is 14.5 Å². The minimum absolute atomic E-state index is 0.0667. The normalized spacial score (nSPS) is 23.3. The largest absolute Gasteiger partial charge is 0.480 e. The zero-order chi connectivity index (χ0) is 16.5. The molecule has 0 aliphatic heterocycles. The van der Waals surface area contributed by atoms with Gasteiger partial charge < -0.3 is 10.4 Å². The average molecular weight is 312 g/mol. The van der Waals surface area contributed by atoms with Crippen LogP contribution in [0.15, 0.2) is 0 Å². The summed E-state index contributed by atoms with van der Waals surface area (Å²) < 4.78 is 0. The van der Waals surface area contributed by atoms with Gasteiger partial charge in [0.25, 0.3) is 0 Å². The summed E-state index contributed by atoms with van der Waals surface area (Å²) in [5.74, 6) is 0.601. The number of aliphatic carboxylic acids is 1. The van der Waals surface area contributed by atoms with E-state index >= 15 is 0 Å². The molecule has 0 aromatic carbocycles. The SMILES string of the molecule is CCCC1CCC(CN(CCNC(C)=O)C(C)C(=O)O)CC1. The van der Waals surface area contributed by atoms with Crippen molar-refractivity contribution in [2.24, 2.45) is 11.8 Å². The van der Waals surface area contributed by atoms with Crippen molar-refractivity contribution < 1.29 is 14.7 Å². The molecule has 0 spiro atoms. The zero-order valence-corrected chi connectivity index (χ0v) is 14.3. The van der Waals surface area contributed by atoms with Crippen LogP contribution in [0.5, 0.6) is 0 Å². The maximum atomic E-state index is 11.3. The first-order valence-corrected chi connectivity index (χ1v) is 8.65. The van der Waals surface area contributed by atoms with Crippen molar-refractivity contribution >= 4 is 11.9 Å². The van der Waals surface area contributed by atoms with Crippen molar-refractivity contribution in [1.29, 1.82) is 0 Å². The predicted molar refractivity (Wildman–Crippen MR) is 87.7 cm³/mol. The number of carbonyl (C=O) groups excluding carboxylic acids is 1. The molecule has 0 aromatic rings. The van der Waals surface area contributed by atoms with Gasteiger partial charge in [0.05, 0.1) is 0 Å². The number of amides is 1. The Bertz CT molecular complexity index is 352. The molecule has 1 atom stereocenters. The van der Waals surface area contributed by atoms with Crippen LogP contribution >= 0.6 is 0 Å². The lowest BCUT2D eigenvalue weighted by atomic mass is 9.80. The van der Waals surface area contributed by atoms with Crippen LogP contribution in [-0.4, -0.2) is 47.6 Å². The van der Waals surface area contributed by atoms with E-state index in [9.17, 15) is 14.7 Å². The molecular formula is C17H32N2O3. The summed E-state index contributed by atoms with van der Waals surface area (Å²) in [6.45, 7) is 7.40. The summed E-state index contributed by atoms with van der Waals surface area (Å²) >= 11 is 0. The van der Waals surface area contributed by atoms with Gasteiger partial charge in [0.1, 0.15) is 6.04 Å². The average Bonchev–Trinajstić information content (AvgIpc) is 2.47. The molecule has 0 radical (unpaired) electrons. The van der Waals surface area contributed by atoms with Gasteiger partial charge in [-0.25, -0.2) is 0 Å². The lowest BCUT2D eigenvalue weighted by Crippen LogP contribution is -2.45. The van der Waals surface area contributed by atoms with E-state index in [4.69, 9.17) is 0 Å². The van der Waals surface area contributed by atoms with Crippen LogP contribution in [0, 0.1) is 11.8 Å². The number of carboxylic acids is 1.